The molecule has 0 bridgehead atoms. The average molecular weight is 340 g/mol. The molecule has 3 fully saturated rings. The Morgan fingerprint density at radius 3 is 2.43 bits per heavy atom. The van der Waals surface area contributed by atoms with Crippen LogP contribution in [0.15, 0.2) is 0 Å². The first kappa shape index (κ1) is 17.1. The zero-order valence-corrected chi connectivity index (χ0v) is 15.4. The summed E-state index contributed by atoms with van der Waals surface area (Å²) in [5.41, 5.74) is -0.426. The Bertz CT molecular complexity index is 473. The molecule has 2 heterocycles. The number of carbonyl (C=O) groups is 2. The number of carbonyl (C=O) groups excluding carboxylic acids is 2. The summed E-state index contributed by atoms with van der Waals surface area (Å²) in [5.74, 6) is 1.64. The molecule has 2 aliphatic heterocycles. The van der Waals surface area contributed by atoms with Gasteiger partial charge in [0.2, 0.25) is 11.8 Å². The molecule has 3 rings (SSSR count). The molecule has 0 N–H and O–H groups in total. The van der Waals surface area contributed by atoms with E-state index in [2.05, 4.69) is 4.90 Å². The molecule has 2 amide bonds. The number of hydrogen-bond donors (Lipinski definition) is 0. The van der Waals surface area contributed by atoms with Gasteiger partial charge >= 0.3 is 0 Å². The largest absolute Gasteiger partial charge is 0.340 e. The Morgan fingerprint density at radius 2 is 1.78 bits per heavy atom. The number of hydrogen-bond acceptors (Lipinski definition) is 4. The molecule has 1 saturated carbocycles. The SMILES string of the molecule is CC(C)(C)C(=O)N1CSC[C@H]1C(=O)N1CCCN(C2CC2)CC1. The van der Waals surface area contributed by atoms with Gasteiger partial charge in [0, 0.05) is 43.4 Å². The third-order valence-corrected chi connectivity index (χ3v) is 5.99. The second-order valence-electron chi connectivity index (χ2n) is 7.99. The third kappa shape index (κ3) is 3.85. The zero-order valence-electron chi connectivity index (χ0n) is 14.6. The van der Waals surface area contributed by atoms with Crippen molar-refractivity contribution in [2.45, 2.75) is 52.1 Å². The van der Waals surface area contributed by atoms with Crippen molar-refractivity contribution in [3.8, 4) is 0 Å². The summed E-state index contributed by atoms with van der Waals surface area (Å²) in [6.45, 7) is 9.54. The van der Waals surface area contributed by atoms with Gasteiger partial charge < -0.3 is 9.80 Å². The first-order chi connectivity index (χ1) is 10.9. The monoisotopic (exact) mass is 339 g/mol. The highest BCUT2D eigenvalue weighted by molar-refractivity contribution is 7.99. The van der Waals surface area contributed by atoms with E-state index >= 15 is 0 Å². The predicted molar refractivity (Wildman–Crippen MR) is 93.2 cm³/mol. The Labute approximate surface area is 143 Å². The van der Waals surface area contributed by atoms with Crippen molar-refractivity contribution in [1.29, 1.82) is 0 Å². The van der Waals surface area contributed by atoms with Crippen LogP contribution in [0.1, 0.15) is 40.0 Å². The number of thioether (sulfide) groups is 1. The maximum atomic E-state index is 13.0. The number of amides is 2. The molecular weight excluding hydrogens is 310 g/mol. The summed E-state index contributed by atoms with van der Waals surface area (Å²) >= 11 is 1.69. The summed E-state index contributed by atoms with van der Waals surface area (Å²) in [6, 6.07) is 0.505. The van der Waals surface area contributed by atoms with Gasteiger partial charge in [-0.3, -0.25) is 14.5 Å². The average Bonchev–Trinajstić information content (AvgIpc) is 3.26. The van der Waals surface area contributed by atoms with Gasteiger partial charge in [0.1, 0.15) is 6.04 Å². The number of rotatable bonds is 2. The zero-order chi connectivity index (χ0) is 16.6. The van der Waals surface area contributed by atoms with Crippen LogP contribution in [0.25, 0.3) is 0 Å². The van der Waals surface area contributed by atoms with Crippen LogP contribution < -0.4 is 0 Å². The maximum Gasteiger partial charge on any atom is 0.246 e. The van der Waals surface area contributed by atoms with E-state index in [0.717, 1.165) is 44.4 Å². The lowest BCUT2D eigenvalue weighted by Crippen LogP contribution is -2.52. The fourth-order valence-electron chi connectivity index (χ4n) is 3.45. The number of nitrogens with zero attached hydrogens (tertiary/aromatic N) is 3. The van der Waals surface area contributed by atoms with E-state index in [0.29, 0.717) is 5.88 Å². The highest BCUT2D eigenvalue weighted by atomic mass is 32.2. The molecule has 130 valence electrons. The molecule has 23 heavy (non-hydrogen) atoms. The smallest absolute Gasteiger partial charge is 0.246 e. The minimum absolute atomic E-state index is 0.0929. The molecule has 1 aliphatic carbocycles. The van der Waals surface area contributed by atoms with Crippen molar-refractivity contribution >= 4 is 23.6 Å². The normalized spacial score (nSPS) is 27.2. The molecule has 3 aliphatic rings. The topological polar surface area (TPSA) is 43.9 Å². The Kier molecular flexibility index (Phi) is 4.93. The first-order valence-electron chi connectivity index (χ1n) is 8.79. The lowest BCUT2D eigenvalue weighted by Gasteiger charge is -2.32. The van der Waals surface area contributed by atoms with Gasteiger partial charge in [0.05, 0.1) is 5.88 Å². The lowest BCUT2D eigenvalue weighted by molar-refractivity contribution is -0.147. The molecule has 0 unspecified atom stereocenters. The van der Waals surface area contributed by atoms with Gasteiger partial charge in [0.25, 0.3) is 0 Å². The highest BCUT2D eigenvalue weighted by Gasteiger charge is 2.41. The maximum absolute atomic E-state index is 13.0. The Morgan fingerprint density at radius 1 is 1.04 bits per heavy atom. The van der Waals surface area contributed by atoms with Gasteiger partial charge in [-0.1, -0.05) is 20.8 Å². The fraction of sp³-hybridized carbons (Fsp3) is 0.882. The summed E-state index contributed by atoms with van der Waals surface area (Å²) in [4.78, 5) is 31.9. The van der Waals surface area contributed by atoms with E-state index in [-0.39, 0.29) is 17.9 Å². The third-order valence-electron chi connectivity index (χ3n) is 4.98. The van der Waals surface area contributed by atoms with Crippen LogP contribution in [-0.2, 0) is 9.59 Å². The highest BCUT2D eigenvalue weighted by Crippen LogP contribution is 2.30. The molecular formula is C17H29N3O2S. The van der Waals surface area contributed by atoms with Crippen LogP contribution in [0.5, 0.6) is 0 Å². The van der Waals surface area contributed by atoms with E-state index in [1.54, 1.807) is 16.7 Å². The van der Waals surface area contributed by atoms with Crippen molar-refractivity contribution < 1.29 is 9.59 Å². The second-order valence-corrected chi connectivity index (χ2v) is 8.99. The fourth-order valence-corrected chi connectivity index (χ4v) is 4.60. The van der Waals surface area contributed by atoms with Crippen molar-refractivity contribution in [2.75, 3.05) is 37.8 Å². The van der Waals surface area contributed by atoms with Gasteiger partial charge in [0.15, 0.2) is 0 Å². The summed E-state index contributed by atoms with van der Waals surface area (Å²) in [7, 11) is 0. The second kappa shape index (κ2) is 6.63. The molecule has 0 spiro atoms. The van der Waals surface area contributed by atoms with Crippen molar-refractivity contribution in [3.63, 3.8) is 0 Å². The molecule has 0 aromatic carbocycles. The standard InChI is InChI=1S/C17H29N3O2S/c1-17(2,3)16(22)20-12-23-11-14(20)15(21)19-8-4-7-18(9-10-19)13-5-6-13/h13-14H,4-12H2,1-3H3/t14-/m0/s1. The molecule has 6 heteroatoms. The molecule has 0 radical (unpaired) electrons. The summed E-state index contributed by atoms with van der Waals surface area (Å²) in [5, 5.41) is 0. The Balaban J connectivity index is 1.63. The minimum atomic E-state index is -0.426. The van der Waals surface area contributed by atoms with Gasteiger partial charge in [-0.15, -0.1) is 11.8 Å². The van der Waals surface area contributed by atoms with Crippen LogP contribution >= 0.6 is 11.8 Å². The van der Waals surface area contributed by atoms with Crippen LogP contribution in [0.4, 0.5) is 0 Å². The van der Waals surface area contributed by atoms with Crippen molar-refractivity contribution in [1.82, 2.24) is 14.7 Å². The first-order valence-corrected chi connectivity index (χ1v) is 9.95. The van der Waals surface area contributed by atoms with E-state index in [1.807, 2.05) is 25.7 Å². The minimum Gasteiger partial charge on any atom is -0.340 e. The molecule has 0 aromatic heterocycles. The molecule has 1 atom stereocenters. The van der Waals surface area contributed by atoms with Crippen LogP contribution in [0, 0.1) is 5.41 Å². The van der Waals surface area contributed by atoms with E-state index < -0.39 is 5.41 Å². The summed E-state index contributed by atoms with van der Waals surface area (Å²) in [6.07, 6.45) is 3.69. The van der Waals surface area contributed by atoms with Crippen LogP contribution in [0.3, 0.4) is 0 Å². The molecule has 5 nitrogen and oxygen atoms in total. The van der Waals surface area contributed by atoms with E-state index in [9.17, 15) is 9.59 Å². The van der Waals surface area contributed by atoms with Crippen molar-refractivity contribution in [3.05, 3.63) is 0 Å². The van der Waals surface area contributed by atoms with E-state index in [1.165, 1.54) is 12.8 Å². The predicted octanol–water partition coefficient (Wildman–Crippen LogP) is 1.63. The molecule has 0 aromatic rings. The van der Waals surface area contributed by atoms with Crippen LogP contribution in [0.2, 0.25) is 0 Å². The van der Waals surface area contributed by atoms with Gasteiger partial charge in [-0.05, 0) is 19.3 Å². The van der Waals surface area contributed by atoms with E-state index in [4.69, 9.17) is 0 Å². The van der Waals surface area contributed by atoms with Crippen molar-refractivity contribution in [2.24, 2.45) is 5.41 Å². The van der Waals surface area contributed by atoms with Gasteiger partial charge in [-0.2, -0.15) is 0 Å². The lowest BCUT2D eigenvalue weighted by atomic mass is 9.94. The Hall–Kier alpha value is -0.750. The van der Waals surface area contributed by atoms with Crippen LogP contribution in [-0.4, -0.2) is 76.4 Å². The summed E-state index contributed by atoms with van der Waals surface area (Å²) < 4.78 is 0. The molecule has 2 saturated heterocycles. The quantitative estimate of drug-likeness (QED) is 0.767. The van der Waals surface area contributed by atoms with Gasteiger partial charge in [-0.25, -0.2) is 0 Å².